The van der Waals surface area contributed by atoms with Gasteiger partial charge in [0.05, 0.1) is 12.1 Å². The van der Waals surface area contributed by atoms with Gasteiger partial charge in [-0.05, 0) is 19.3 Å². The minimum Gasteiger partial charge on any atom is -0.374 e. The Labute approximate surface area is 93.0 Å². The number of nitrogens with zero attached hydrogens (tertiary/aromatic N) is 1. The SMILES string of the molecule is CC(C)C#CCN1CCC2(CCCO2)C1. The van der Waals surface area contributed by atoms with Crippen molar-refractivity contribution < 1.29 is 4.74 Å². The van der Waals surface area contributed by atoms with Crippen LogP contribution in [0.15, 0.2) is 0 Å². The number of ether oxygens (including phenoxy) is 1. The average molecular weight is 207 g/mol. The largest absolute Gasteiger partial charge is 0.374 e. The van der Waals surface area contributed by atoms with Crippen LogP contribution in [0.4, 0.5) is 0 Å². The molecule has 2 heteroatoms. The van der Waals surface area contributed by atoms with Crippen LogP contribution in [-0.4, -0.2) is 36.7 Å². The Morgan fingerprint density at radius 1 is 1.40 bits per heavy atom. The first-order chi connectivity index (χ1) is 7.20. The van der Waals surface area contributed by atoms with Gasteiger partial charge in [0.25, 0.3) is 0 Å². The van der Waals surface area contributed by atoms with Gasteiger partial charge in [0.1, 0.15) is 0 Å². The highest BCUT2D eigenvalue weighted by atomic mass is 16.5. The fourth-order valence-electron chi connectivity index (χ4n) is 2.50. The molecule has 2 rings (SSSR count). The van der Waals surface area contributed by atoms with Crippen molar-refractivity contribution in [1.82, 2.24) is 4.90 Å². The van der Waals surface area contributed by atoms with E-state index >= 15 is 0 Å². The highest BCUT2D eigenvalue weighted by Crippen LogP contribution is 2.34. The maximum absolute atomic E-state index is 5.87. The highest BCUT2D eigenvalue weighted by molar-refractivity contribution is 5.05. The van der Waals surface area contributed by atoms with E-state index in [1.54, 1.807) is 0 Å². The van der Waals surface area contributed by atoms with Gasteiger partial charge in [0.2, 0.25) is 0 Å². The van der Waals surface area contributed by atoms with Crippen molar-refractivity contribution in [3.63, 3.8) is 0 Å². The van der Waals surface area contributed by atoms with Crippen LogP contribution < -0.4 is 0 Å². The molecule has 0 aromatic heterocycles. The molecular formula is C13H21NO. The van der Waals surface area contributed by atoms with E-state index < -0.39 is 0 Å². The molecule has 1 atom stereocenters. The van der Waals surface area contributed by atoms with E-state index in [0.29, 0.717) is 5.92 Å². The topological polar surface area (TPSA) is 12.5 Å². The van der Waals surface area contributed by atoms with Gasteiger partial charge in [-0.25, -0.2) is 0 Å². The van der Waals surface area contributed by atoms with E-state index in [0.717, 1.165) is 26.2 Å². The third-order valence-corrected chi connectivity index (χ3v) is 3.27. The Balaban J connectivity index is 1.81. The second kappa shape index (κ2) is 4.55. The first kappa shape index (κ1) is 11.0. The van der Waals surface area contributed by atoms with E-state index in [-0.39, 0.29) is 5.60 Å². The minimum absolute atomic E-state index is 0.208. The molecule has 0 amide bonds. The molecule has 2 heterocycles. The van der Waals surface area contributed by atoms with Crippen LogP contribution >= 0.6 is 0 Å². The van der Waals surface area contributed by atoms with Crippen LogP contribution in [-0.2, 0) is 4.74 Å². The van der Waals surface area contributed by atoms with E-state index in [4.69, 9.17) is 4.74 Å². The Hall–Kier alpha value is -0.520. The summed E-state index contributed by atoms with van der Waals surface area (Å²) in [5, 5.41) is 0. The number of hydrogen-bond acceptors (Lipinski definition) is 2. The molecule has 1 spiro atoms. The quantitative estimate of drug-likeness (QED) is 0.609. The van der Waals surface area contributed by atoms with E-state index in [2.05, 4.69) is 30.6 Å². The number of rotatable bonds is 1. The Morgan fingerprint density at radius 2 is 2.27 bits per heavy atom. The van der Waals surface area contributed by atoms with Gasteiger partial charge in [-0.1, -0.05) is 25.7 Å². The molecule has 2 saturated heterocycles. The van der Waals surface area contributed by atoms with Gasteiger partial charge in [0, 0.05) is 25.6 Å². The van der Waals surface area contributed by atoms with E-state index in [1.165, 1.54) is 19.3 Å². The zero-order valence-corrected chi connectivity index (χ0v) is 9.88. The monoisotopic (exact) mass is 207 g/mol. The molecule has 84 valence electrons. The molecule has 2 fully saturated rings. The van der Waals surface area contributed by atoms with Gasteiger partial charge in [-0.15, -0.1) is 0 Å². The summed E-state index contributed by atoms with van der Waals surface area (Å²) in [4.78, 5) is 2.43. The molecule has 2 nitrogen and oxygen atoms in total. The molecule has 0 N–H and O–H groups in total. The molecular weight excluding hydrogens is 186 g/mol. The molecule has 2 aliphatic heterocycles. The van der Waals surface area contributed by atoms with Gasteiger partial charge in [0.15, 0.2) is 0 Å². The fraction of sp³-hybridized carbons (Fsp3) is 0.846. The lowest BCUT2D eigenvalue weighted by atomic mass is 10.00. The number of hydrogen-bond donors (Lipinski definition) is 0. The Bertz CT molecular complexity index is 268. The molecule has 0 bridgehead atoms. The van der Waals surface area contributed by atoms with Crippen LogP contribution in [0.2, 0.25) is 0 Å². The summed E-state index contributed by atoms with van der Waals surface area (Å²) in [6.45, 7) is 8.42. The summed E-state index contributed by atoms with van der Waals surface area (Å²) in [5.41, 5.74) is 0.208. The van der Waals surface area contributed by atoms with Crippen LogP contribution in [0.5, 0.6) is 0 Å². The molecule has 0 saturated carbocycles. The molecule has 1 unspecified atom stereocenters. The predicted octanol–water partition coefficient (Wildman–Crippen LogP) is 1.90. The smallest absolute Gasteiger partial charge is 0.0822 e. The van der Waals surface area contributed by atoms with E-state index in [9.17, 15) is 0 Å². The van der Waals surface area contributed by atoms with Crippen molar-refractivity contribution in [2.45, 2.75) is 38.7 Å². The van der Waals surface area contributed by atoms with Crippen molar-refractivity contribution in [3.05, 3.63) is 0 Å². The second-order valence-electron chi connectivity index (χ2n) is 5.07. The van der Waals surface area contributed by atoms with Crippen LogP contribution in [0.25, 0.3) is 0 Å². The maximum atomic E-state index is 5.87. The predicted molar refractivity (Wildman–Crippen MR) is 61.6 cm³/mol. The lowest BCUT2D eigenvalue weighted by Crippen LogP contribution is -2.32. The summed E-state index contributed by atoms with van der Waals surface area (Å²) in [5.74, 6) is 6.96. The van der Waals surface area contributed by atoms with Gasteiger partial charge >= 0.3 is 0 Å². The molecule has 2 aliphatic rings. The van der Waals surface area contributed by atoms with Crippen LogP contribution in [0, 0.1) is 17.8 Å². The van der Waals surface area contributed by atoms with Crippen molar-refractivity contribution >= 4 is 0 Å². The summed E-state index contributed by atoms with van der Waals surface area (Å²) < 4.78 is 5.87. The van der Waals surface area contributed by atoms with Gasteiger partial charge in [-0.2, -0.15) is 0 Å². The van der Waals surface area contributed by atoms with Crippen molar-refractivity contribution in [2.24, 2.45) is 5.92 Å². The third-order valence-electron chi connectivity index (χ3n) is 3.27. The summed E-state index contributed by atoms with van der Waals surface area (Å²) in [6.07, 6.45) is 3.70. The third kappa shape index (κ3) is 2.74. The second-order valence-corrected chi connectivity index (χ2v) is 5.07. The normalized spacial score (nSPS) is 31.1. The lowest BCUT2D eigenvalue weighted by molar-refractivity contribution is 0.0137. The van der Waals surface area contributed by atoms with Crippen molar-refractivity contribution in [1.29, 1.82) is 0 Å². The molecule has 0 radical (unpaired) electrons. The lowest BCUT2D eigenvalue weighted by Gasteiger charge is -2.22. The standard InChI is InChI=1S/C13H21NO/c1-12(2)5-3-8-14-9-7-13(11-14)6-4-10-15-13/h12H,4,6-11H2,1-2H3. The Morgan fingerprint density at radius 3 is 2.93 bits per heavy atom. The average Bonchev–Trinajstić information content (AvgIpc) is 2.78. The van der Waals surface area contributed by atoms with Gasteiger partial charge in [-0.3, -0.25) is 4.90 Å². The molecule has 0 aliphatic carbocycles. The minimum atomic E-state index is 0.208. The summed E-state index contributed by atoms with van der Waals surface area (Å²) in [6, 6.07) is 0. The van der Waals surface area contributed by atoms with Crippen molar-refractivity contribution in [2.75, 3.05) is 26.2 Å². The zero-order chi connectivity index (χ0) is 10.7. The molecule has 15 heavy (non-hydrogen) atoms. The summed E-state index contributed by atoms with van der Waals surface area (Å²) in [7, 11) is 0. The maximum Gasteiger partial charge on any atom is 0.0822 e. The first-order valence-corrected chi connectivity index (χ1v) is 6.05. The zero-order valence-electron chi connectivity index (χ0n) is 9.88. The molecule has 0 aromatic carbocycles. The first-order valence-electron chi connectivity index (χ1n) is 6.05. The fourth-order valence-corrected chi connectivity index (χ4v) is 2.50. The highest BCUT2D eigenvalue weighted by Gasteiger charge is 2.41. The summed E-state index contributed by atoms with van der Waals surface area (Å²) >= 11 is 0. The Kier molecular flexibility index (Phi) is 3.33. The number of likely N-dealkylation sites (tertiary alicyclic amines) is 1. The van der Waals surface area contributed by atoms with E-state index in [1.807, 2.05) is 0 Å². The van der Waals surface area contributed by atoms with Crippen LogP contribution in [0.3, 0.4) is 0 Å². The molecule has 0 aromatic rings. The van der Waals surface area contributed by atoms with Gasteiger partial charge < -0.3 is 4.74 Å². The van der Waals surface area contributed by atoms with Crippen molar-refractivity contribution in [3.8, 4) is 11.8 Å². The van der Waals surface area contributed by atoms with Crippen LogP contribution in [0.1, 0.15) is 33.1 Å².